The summed E-state index contributed by atoms with van der Waals surface area (Å²) in [6.07, 6.45) is 2.01. The lowest BCUT2D eigenvalue weighted by Crippen LogP contribution is -2.17. The van der Waals surface area contributed by atoms with Crippen LogP contribution in [-0.4, -0.2) is 24.8 Å². The Hall–Kier alpha value is -2.26. The predicted molar refractivity (Wildman–Crippen MR) is 94.3 cm³/mol. The number of para-hydroxylation sites is 1. The van der Waals surface area contributed by atoms with Crippen LogP contribution in [0.15, 0.2) is 48.5 Å². The minimum absolute atomic E-state index is 0.902. The summed E-state index contributed by atoms with van der Waals surface area (Å²) >= 11 is 0. The molecule has 118 valence electrons. The number of methoxy groups -OCH3 is 1. The van der Waals surface area contributed by atoms with Crippen molar-refractivity contribution in [3.63, 3.8) is 0 Å². The first-order valence-corrected chi connectivity index (χ1v) is 8.29. The topological polar surface area (TPSA) is 26.2 Å². The maximum absolute atomic E-state index is 5.48. The summed E-state index contributed by atoms with van der Waals surface area (Å²) in [5, 5.41) is 4.83. The highest BCUT2D eigenvalue weighted by atomic mass is 16.5. The van der Waals surface area contributed by atoms with Crippen molar-refractivity contribution in [2.75, 3.05) is 20.2 Å². The van der Waals surface area contributed by atoms with E-state index in [1.165, 1.54) is 27.7 Å². The quantitative estimate of drug-likeness (QED) is 0.803. The monoisotopic (exact) mass is 306 g/mol. The summed E-state index contributed by atoms with van der Waals surface area (Å²) in [4.78, 5) is 0. The van der Waals surface area contributed by atoms with Crippen molar-refractivity contribution >= 4 is 10.9 Å². The van der Waals surface area contributed by atoms with Crippen molar-refractivity contribution in [2.45, 2.75) is 19.4 Å². The van der Waals surface area contributed by atoms with Gasteiger partial charge in [-0.3, -0.25) is 0 Å². The van der Waals surface area contributed by atoms with E-state index in [1.54, 1.807) is 7.11 Å². The minimum Gasteiger partial charge on any atom is -0.496 e. The molecular formula is C20H22N2O. The van der Waals surface area contributed by atoms with Crippen LogP contribution in [0.25, 0.3) is 10.9 Å². The third-order valence-corrected chi connectivity index (χ3v) is 4.71. The Labute approximate surface area is 136 Å². The third-order valence-electron chi connectivity index (χ3n) is 4.71. The molecule has 1 N–H and O–H groups in total. The number of hydrogen-bond acceptors (Lipinski definition) is 2. The van der Waals surface area contributed by atoms with Crippen LogP contribution in [0.3, 0.4) is 0 Å². The van der Waals surface area contributed by atoms with Crippen LogP contribution in [0.4, 0.5) is 0 Å². The molecule has 1 aromatic heterocycles. The molecule has 3 heteroatoms. The molecule has 2 aromatic carbocycles. The summed E-state index contributed by atoms with van der Waals surface area (Å²) < 4.78 is 7.96. The average Bonchev–Trinajstić information content (AvgIpc) is 2.76. The van der Waals surface area contributed by atoms with Crippen LogP contribution in [0.1, 0.15) is 16.8 Å². The predicted octanol–water partition coefficient (Wildman–Crippen LogP) is 3.39. The molecule has 0 bridgehead atoms. The molecule has 23 heavy (non-hydrogen) atoms. The van der Waals surface area contributed by atoms with Crippen LogP contribution >= 0.6 is 0 Å². The summed E-state index contributed by atoms with van der Waals surface area (Å²) in [7, 11) is 1.74. The molecule has 0 saturated heterocycles. The Balaban J connectivity index is 1.72. The number of benzene rings is 2. The number of nitrogens with zero attached hydrogens (tertiary/aromatic N) is 1. The molecule has 0 aliphatic carbocycles. The van der Waals surface area contributed by atoms with Gasteiger partial charge in [0.15, 0.2) is 0 Å². The molecular weight excluding hydrogens is 284 g/mol. The molecule has 0 fully saturated rings. The van der Waals surface area contributed by atoms with E-state index in [9.17, 15) is 0 Å². The Morgan fingerprint density at radius 1 is 1.09 bits per heavy atom. The van der Waals surface area contributed by atoms with Gasteiger partial charge in [-0.05, 0) is 34.7 Å². The van der Waals surface area contributed by atoms with Gasteiger partial charge in [0, 0.05) is 43.7 Å². The molecule has 3 aromatic rings. The second-order valence-corrected chi connectivity index (χ2v) is 6.17. The standard InChI is InChI=1S/C20H22N2O/c1-23-20-5-3-2-4-17(20)12-15-6-7-16-14-18-8-9-21-10-11-22(18)19(16)13-15/h2-7,13-14,21H,8-12H2,1H3. The number of rotatable bonds is 3. The zero-order valence-electron chi connectivity index (χ0n) is 13.5. The first-order chi connectivity index (χ1) is 11.3. The van der Waals surface area contributed by atoms with E-state index in [4.69, 9.17) is 4.74 Å². The van der Waals surface area contributed by atoms with E-state index in [-0.39, 0.29) is 0 Å². The van der Waals surface area contributed by atoms with Crippen molar-refractivity contribution in [3.05, 3.63) is 65.4 Å². The number of ether oxygens (including phenoxy) is 1. The molecule has 0 amide bonds. The van der Waals surface area contributed by atoms with Gasteiger partial charge in [0.1, 0.15) is 5.75 Å². The summed E-state index contributed by atoms with van der Waals surface area (Å²) in [5.74, 6) is 0.964. The molecule has 1 aliphatic rings. The van der Waals surface area contributed by atoms with E-state index in [0.29, 0.717) is 0 Å². The third kappa shape index (κ3) is 2.73. The van der Waals surface area contributed by atoms with Gasteiger partial charge < -0.3 is 14.6 Å². The SMILES string of the molecule is COc1ccccc1Cc1ccc2cc3n(c2c1)CCNCC3. The van der Waals surface area contributed by atoms with E-state index < -0.39 is 0 Å². The van der Waals surface area contributed by atoms with Crippen molar-refractivity contribution in [1.29, 1.82) is 0 Å². The van der Waals surface area contributed by atoms with Crippen LogP contribution in [0.5, 0.6) is 5.75 Å². The van der Waals surface area contributed by atoms with Gasteiger partial charge in [-0.25, -0.2) is 0 Å². The van der Waals surface area contributed by atoms with Gasteiger partial charge in [-0.1, -0.05) is 30.3 Å². The number of hydrogen-bond donors (Lipinski definition) is 1. The zero-order valence-corrected chi connectivity index (χ0v) is 13.5. The lowest BCUT2D eigenvalue weighted by Gasteiger charge is -2.10. The largest absolute Gasteiger partial charge is 0.496 e. The van der Waals surface area contributed by atoms with E-state index in [1.807, 2.05) is 12.1 Å². The molecule has 1 aliphatic heterocycles. The Morgan fingerprint density at radius 2 is 2.00 bits per heavy atom. The maximum atomic E-state index is 5.48. The number of nitrogens with one attached hydrogen (secondary N) is 1. The fourth-order valence-electron chi connectivity index (χ4n) is 3.54. The van der Waals surface area contributed by atoms with Crippen molar-refractivity contribution in [3.8, 4) is 5.75 Å². The van der Waals surface area contributed by atoms with Crippen LogP contribution in [-0.2, 0) is 19.4 Å². The number of aromatic nitrogens is 1. The molecule has 0 unspecified atom stereocenters. The number of fused-ring (bicyclic) bond motifs is 3. The highest BCUT2D eigenvalue weighted by Crippen LogP contribution is 2.26. The van der Waals surface area contributed by atoms with Gasteiger partial charge in [0.05, 0.1) is 7.11 Å². The first-order valence-electron chi connectivity index (χ1n) is 8.29. The van der Waals surface area contributed by atoms with Crippen molar-refractivity contribution in [2.24, 2.45) is 0 Å². The van der Waals surface area contributed by atoms with Gasteiger partial charge in [-0.15, -0.1) is 0 Å². The van der Waals surface area contributed by atoms with Gasteiger partial charge >= 0.3 is 0 Å². The lowest BCUT2D eigenvalue weighted by molar-refractivity contribution is 0.410. The maximum Gasteiger partial charge on any atom is 0.122 e. The second-order valence-electron chi connectivity index (χ2n) is 6.17. The Bertz CT molecular complexity index is 835. The summed E-state index contributed by atoms with van der Waals surface area (Å²) in [5.41, 5.74) is 5.37. The minimum atomic E-state index is 0.902. The van der Waals surface area contributed by atoms with Gasteiger partial charge in [0.2, 0.25) is 0 Å². The van der Waals surface area contributed by atoms with Crippen LogP contribution in [0, 0.1) is 0 Å². The lowest BCUT2D eigenvalue weighted by atomic mass is 10.0. The molecule has 4 rings (SSSR count). The molecule has 0 radical (unpaired) electrons. The van der Waals surface area contributed by atoms with Crippen molar-refractivity contribution < 1.29 is 4.74 Å². The Morgan fingerprint density at radius 3 is 2.91 bits per heavy atom. The fraction of sp³-hybridized carbons (Fsp3) is 0.300. The van der Waals surface area contributed by atoms with E-state index in [0.717, 1.165) is 38.2 Å². The normalized spacial score (nSPS) is 14.5. The van der Waals surface area contributed by atoms with Gasteiger partial charge in [0.25, 0.3) is 0 Å². The van der Waals surface area contributed by atoms with E-state index >= 15 is 0 Å². The highest BCUT2D eigenvalue weighted by molar-refractivity contribution is 5.82. The summed E-state index contributed by atoms with van der Waals surface area (Å²) in [6, 6.07) is 17.5. The van der Waals surface area contributed by atoms with E-state index in [2.05, 4.69) is 46.3 Å². The Kier molecular flexibility index (Phi) is 3.80. The van der Waals surface area contributed by atoms with Crippen LogP contribution in [0.2, 0.25) is 0 Å². The van der Waals surface area contributed by atoms with Crippen LogP contribution < -0.4 is 10.1 Å². The second kappa shape index (κ2) is 6.09. The smallest absolute Gasteiger partial charge is 0.122 e. The molecule has 3 nitrogen and oxygen atoms in total. The molecule has 0 spiro atoms. The van der Waals surface area contributed by atoms with Gasteiger partial charge in [-0.2, -0.15) is 0 Å². The zero-order chi connectivity index (χ0) is 15.6. The molecule has 2 heterocycles. The molecule has 0 atom stereocenters. The fourth-order valence-corrected chi connectivity index (χ4v) is 3.54. The average molecular weight is 306 g/mol. The van der Waals surface area contributed by atoms with Crippen molar-refractivity contribution in [1.82, 2.24) is 9.88 Å². The highest BCUT2D eigenvalue weighted by Gasteiger charge is 2.12. The molecule has 0 saturated carbocycles. The summed E-state index contributed by atoms with van der Waals surface area (Å²) in [6.45, 7) is 3.18. The first kappa shape index (κ1) is 14.3.